The maximum Gasteiger partial charge on any atom is 0.307 e. The maximum atomic E-state index is 15.4. The summed E-state index contributed by atoms with van der Waals surface area (Å²) in [5, 5.41) is 9.22. The zero-order valence-corrected chi connectivity index (χ0v) is 20.7. The van der Waals surface area contributed by atoms with Crippen LogP contribution in [0.2, 0.25) is 0 Å². The fourth-order valence-electron chi connectivity index (χ4n) is 4.79. The maximum absolute atomic E-state index is 15.4. The molecule has 3 N–H and O–H groups in total. The molecule has 36 heavy (non-hydrogen) atoms. The molecule has 0 amide bonds. The van der Waals surface area contributed by atoms with Gasteiger partial charge in [0.25, 0.3) is 0 Å². The lowest BCUT2D eigenvalue weighted by atomic mass is 9.90. The molecule has 5 nitrogen and oxygen atoms in total. The highest BCUT2D eigenvalue weighted by Crippen LogP contribution is 2.31. The molecule has 0 saturated carbocycles. The van der Waals surface area contributed by atoms with Crippen LogP contribution >= 0.6 is 0 Å². The first-order valence-electron chi connectivity index (χ1n) is 12.6. The van der Waals surface area contributed by atoms with E-state index < -0.39 is 12.0 Å². The van der Waals surface area contributed by atoms with Gasteiger partial charge in [-0.2, -0.15) is 0 Å². The van der Waals surface area contributed by atoms with Crippen LogP contribution in [0.5, 0.6) is 5.75 Å². The van der Waals surface area contributed by atoms with Crippen LogP contribution in [0.1, 0.15) is 54.5 Å². The van der Waals surface area contributed by atoms with E-state index in [1.807, 2.05) is 18.2 Å². The quantitative estimate of drug-likeness (QED) is 0.359. The molecule has 0 bridgehead atoms. The van der Waals surface area contributed by atoms with Gasteiger partial charge in [0.1, 0.15) is 18.2 Å². The normalized spacial score (nSPS) is 15.0. The number of carboxylic acid groups (broad SMARTS) is 1. The number of hydrogen-bond acceptors (Lipinski definition) is 4. The fourth-order valence-corrected chi connectivity index (χ4v) is 4.79. The molecule has 0 aromatic heterocycles. The van der Waals surface area contributed by atoms with E-state index >= 15 is 4.39 Å². The SMILES string of the molecule is CC(N)c1cccc(-c2cc(CCC3CCOCC3)cc(COc3ccccc3CC(=O)O)c2)c1F. The molecular weight excluding hydrogens is 457 g/mol. The third-order valence-electron chi connectivity index (χ3n) is 6.77. The van der Waals surface area contributed by atoms with Crippen molar-refractivity contribution in [1.82, 2.24) is 0 Å². The topological polar surface area (TPSA) is 81.8 Å². The summed E-state index contributed by atoms with van der Waals surface area (Å²) in [6, 6.07) is 18.2. The summed E-state index contributed by atoms with van der Waals surface area (Å²) in [6.07, 6.45) is 3.97. The van der Waals surface area contributed by atoms with Crippen LogP contribution in [0.3, 0.4) is 0 Å². The molecule has 1 saturated heterocycles. The van der Waals surface area contributed by atoms with Crippen LogP contribution in [0.25, 0.3) is 11.1 Å². The molecule has 6 heteroatoms. The number of para-hydroxylation sites is 1. The summed E-state index contributed by atoms with van der Waals surface area (Å²) in [7, 11) is 0. The largest absolute Gasteiger partial charge is 0.489 e. The van der Waals surface area contributed by atoms with Gasteiger partial charge in [-0.05, 0) is 67.3 Å². The van der Waals surface area contributed by atoms with Crippen molar-refractivity contribution in [2.75, 3.05) is 13.2 Å². The van der Waals surface area contributed by atoms with Crippen molar-refractivity contribution >= 4 is 5.97 Å². The van der Waals surface area contributed by atoms with E-state index in [0.717, 1.165) is 55.6 Å². The lowest BCUT2D eigenvalue weighted by Gasteiger charge is -2.22. The van der Waals surface area contributed by atoms with Crippen molar-refractivity contribution in [3.63, 3.8) is 0 Å². The fraction of sp³-hybridized carbons (Fsp3) is 0.367. The van der Waals surface area contributed by atoms with Gasteiger partial charge in [0.2, 0.25) is 0 Å². The number of halogens is 1. The molecule has 3 aromatic rings. The standard InChI is InChI=1S/C30H34FNO4/c1-20(32)26-6-4-7-27(30(26)31)25-16-22(10-9-21-11-13-35-14-12-21)15-23(17-25)19-36-28-8-3-2-5-24(28)18-29(33)34/h2-8,15-17,20-21H,9-14,18-19,32H2,1H3,(H,33,34). The number of nitrogens with two attached hydrogens (primary N) is 1. The molecule has 1 aliphatic rings. The van der Waals surface area contributed by atoms with Gasteiger partial charge in [-0.3, -0.25) is 4.79 Å². The number of aryl methyl sites for hydroxylation is 1. The summed E-state index contributed by atoms with van der Waals surface area (Å²) in [5.74, 6) is -0.0389. The minimum atomic E-state index is -0.909. The Labute approximate surface area is 212 Å². The summed E-state index contributed by atoms with van der Waals surface area (Å²) in [5.41, 5.74) is 10.5. The highest BCUT2D eigenvalue weighted by Gasteiger charge is 2.17. The highest BCUT2D eigenvalue weighted by atomic mass is 19.1. The van der Waals surface area contributed by atoms with Crippen LogP contribution in [-0.2, 0) is 29.0 Å². The Bertz CT molecular complexity index is 1190. The average Bonchev–Trinajstić information content (AvgIpc) is 2.87. The van der Waals surface area contributed by atoms with Gasteiger partial charge in [-0.1, -0.05) is 48.5 Å². The molecule has 0 aliphatic carbocycles. The first-order chi connectivity index (χ1) is 17.4. The predicted molar refractivity (Wildman–Crippen MR) is 138 cm³/mol. The zero-order valence-electron chi connectivity index (χ0n) is 20.7. The Kier molecular flexibility index (Phi) is 8.73. The number of benzene rings is 3. The Balaban J connectivity index is 1.62. The number of carbonyl (C=O) groups is 1. The Morgan fingerprint density at radius 3 is 2.61 bits per heavy atom. The molecule has 1 aliphatic heterocycles. The molecular formula is C30H34FNO4. The molecule has 1 atom stereocenters. The smallest absolute Gasteiger partial charge is 0.307 e. The zero-order chi connectivity index (χ0) is 25.5. The second-order valence-electron chi connectivity index (χ2n) is 9.60. The van der Waals surface area contributed by atoms with E-state index in [2.05, 4.69) is 12.1 Å². The minimum absolute atomic E-state index is 0.109. The Morgan fingerprint density at radius 1 is 1.11 bits per heavy atom. The molecule has 1 unspecified atom stereocenters. The van der Waals surface area contributed by atoms with Crippen molar-refractivity contribution in [3.05, 3.63) is 88.7 Å². The van der Waals surface area contributed by atoms with Crippen molar-refractivity contribution in [3.8, 4) is 16.9 Å². The first kappa shape index (κ1) is 25.9. The molecule has 0 spiro atoms. The van der Waals surface area contributed by atoms with E-state index in [1.54, 1.807) is 37.3 Å². The van der Waals surface area contributed by atoms with Gasteiger partial charge in [-0.15, -0.1) is 0 Å². The molecule has 1 fully saturated rings. The van der Waals surface area contributed by atoms with Crippen molar-refractivity contribution in [2.45, 2.75) is 51.7 Å². The summed E-state index contributed by atoms with van der Waals surface area (Å²) in [4.78, 5) is 11.2. The van der Waals surface area contributed by atoms with E-state index in [9.17, 15) is 9.90 Å². The Hall–Kier alpha value is -3.22. The number of hydrogen-bond donors (Lipinski definition) is 2. The third kappa shape index (κ3) is 6.71. The lowest BCUT2D eigenvalue weighted by molar-refractivity contribution is -0.136. The van der Waals surface area contributed by atoms with Gasteiger partial charge in [0, 0.05) is 35.9 Å². The average molecular weight is 492 g/mol. The number of ether oxygens (including phenoxy) is 2. The minimum Gasteiger partial charge on any atom is -0.489 e. The molecule has 4 rings (SSSR count). The van der Waals surface area contributed by atoms with E-state index in [0.29, 0.717) is 28.4 Å². The molecule has 190 valence electrons. The van der Waals surface area contributed by atoms with Crippen LogP contribution < -0.4 is 10.5 Å². The summed E-state index contributed by atoms with van der Waals surface area (Å²) < 4.78 is 27.0. The predicted octanol–water partition coefficient (Wildman–Crippen LogP) is 6.08. The van der Waals surface area contributed by atoms with E-state index in [4.69, 9.17) is 15.2 Å². The van der Waals surface area contributed by atoms with Gasteiger partial charge in [0.05, 0.1) is 6.42 Å². The first-order valence-corrected chi connectivity index (χ1v) is 12.6. The number of aliphatic carboxylic acids is 1. The third-order valence-corrected chi connectivity index (χ3v) is 6.77. The molecule has 1 heterocycles. The second-order valence-corrected chi connectivity index (χ2v) is 9.60. The van der Waals surface area contributed by atoms with Crippen molar-refractivity contribution in [2.24, 2.45) is 11.7 Å². The van der Waals surface area contributed by atoms with Crippen molar-refractivity contribution in [1.29, 1.82) is 0 Å². The number of carboxylic acids is 1. The monoisotopic (exact) mass is 491 g/mol. The van der Waals surface area contributed by atoms with Crippen LogP contribution in [0, 0.1) is 11.7 Å². The van der Waals surface area contributed by atoms with Gasteiger partial charge in [-0.25, -0.2) is 4.39 Å². The molecule has 0 radical (unpaired) electrons. The van der Waals surface area contributed by atoms with Crippen LogP contribution in [0.4, 0.5) is 4.39 Å². The van der Waals surface area contributed by atoms with Crippen molar-refractivity contribution < 1.29 is 23.8 Å². The van der Waals surface area contributed by atoms with Gasteiger partial charge < -0.3 is 20.3 Å². The summed E-state index contributed by atoms with van der Waals surface area (Å²) >= 11 is 0. The number of rotatable bonds is 10. The molecule has 3 aromatic carbocycles. The Morgan fingerprint density at radius 2 is 1.86 bits per heavy atom. The van der Waals surface area contributed by atoms with Gasteiger partial charge in [0.15, 0.2) is 0 Å². The van der Waals surface area contributed by atoms with E-state index in [1.165, 1.54) is 0 Å². The van der Waals surface area contributed by atoms with Gasteiger partial charge >= 0.3 is 5.97 Å². The summed E-state index contributed by atoms with van der Waals surface area (Å²) in [6.45, 7) is 3.66. The van der Waals surface area contributed by atoms with E-state index in [-0.39, 0.29) is 18.8 Å². The van der Waals surface area contributed by atoms with Crippen LogP contribution in [0.15, 0.2) is 60.7 Å². The highest BCUT2D eigenvalue weighted by molar-refractivity contribution is 5.71. The lowest BCUT2D eigenvalue weighted by Crippen LogP contribution is -2.16. The van der Waals surface area contributed by atoms with Crippen LogP contribution in [-0.4, -0.2) is 24.3 Å². The second kappa shape index (κ2) is 12.2.